The quantitative estimate of drug-likeness (QED) is 0.730. The van der Waals surface area contributed by atoms with E-state index in [-0.39, 0.29) is 0 Å². The third kappa shape index (κ3) is 2.04. The van der Waals surface area contributed by atoms with E-state index in [4.69, 9.17) is 17.3 Å². The number of pyridine rings is 1. The number of aromatic nitrogens is 1. The molecular weight excluding hydrogens is 186 g/mol. The molecule has 13 heavy (non-hydrogen) atoms. The number of nitrogen functional groups attached to an aromatic ring is 1. The predicted octanol–water partition coefficient (Wildman–Crippen LogP) is 2.14. The van der Waals surface area contributed by atoms with Gasteiger partial charge in [0.2, 0.25) is 0 Å². The zero-order valence-corrected chi connectivity index (χ0v) is 8.01. The molecule has 70 valence electrons. The molecule has 0 unspecified atom stereocenters. The summed E-state index contributed by atoms with van der Waals surface area (Å²) in [5, 5.41) is 3.64. The van der Waals surface area contributed by atoms with Gasteiger partial charge in [-0.1, -0.05) is 11.6 Å². The van der Waals surface area contributed by atoms with Crippen molar-refractivity contribution in [3.8, 4) is 0 Å². The van der Waals surface area contributed by atoms with Gasteiger partial charge in [-0.3, -0.25) is 0 Å². The highest BCUT2D eigenvalue weighted by Gasteiger charge is 2.20. The van der Waals surface area contributed by atoms with Gasteiger partial charge in [-0.25, -0.2) is 4.98 Å². The summed E-state index contributed by atoms with van der Waals surface area (Å²) in [6.07, 6.45) is 4.31. The summed E-state index contributed by atoms with van der Waals surface area (Å²) in [5.74, 6) is 0.825. The molecule has 0 radical (unpaired) electrons. The third-order valence-electron chi connectivity index (χ3n) is 2.22. The predicted molar refractivity (Wildman–Crippen MR) is 54.9 cm³/mol. The van der Waals surface area contributed by atoms with Gasteiger partial charge < -0.3 is 11.1 Å². The van der Waals surface area contributed by atoms with E-state index in [2.05, 4.69) is 10.3 Å². The fraction of sp³-hybridized carbons (Fsp3) is 0.444. The Labute approximate surface area is 82.3 Å². The minimum atomic E-state index is 0.376. The van der Waals surface area contributed by atoms with Gasteiger partial charge in [0.1, 0.15) is 0 Å². The Morgan fingerprint density at radius 1 is 1.62 bits per heavy atom. The van der Waals surface area contributed by atoms with E-state index < -0.39 is 0 Å². The molecule has 1 aliphatic rings. The van der Waals surface area contributed by atoms with Crippen LogP contribution in [-0.4, -0.2) is 11.5 Å². The highest BCUT2D eigenvalue weighted by molar-refractivity contribution is 6.32. The Morgan fingerprint density at radius 2 is 2.38 bits per heavy atom. The lowest BCUT2D eigenvalue weighted by Crippen LogP contribution is -2.06. The van der Waals surface area contributed by atoms with E-state index in [1.807, 2.05) is 6.07 Å². The van der Waals surface area contributed by atoms with Gasteiger partial charge >= 0.3 is 0 Å². The van der Waals surface area contributed by atoms with Gasteiger partial charge in [-0.2, -0.15) is 0 Å². The van der Waals surface area contributed by atoms with E-state index in [1.165, 1.54) is 12.8 Å². The Bertz CT molecular complexity index is 310. The van der Waals surface area contributed by atoms with Crippen molar-refractivity contribution in [1.82, 2.24) is 4.98 Å². The van der Waals surface area contributed by atoms with Gasteiger partial charge in [0.05, 0.1) is 11.4 Å². The average Bonchev–Trinajstić information content (AvgIpc) is 2.91. The molecule has 0 aromatic carbocycles. The summed E-state index contributed by atoms with van der Waals surface area (Å²) in [5.41, 5.74) is 7.17. The highest BCUT2D eigenvalue weighted by atomic mass is 35.5. The number of nitrogens with zero attached hydrogens (tertiary/aromatic N) is 1. The van der Waals surface area contributed by atoms with E-state index in [0.29, 0.717) is 10.8 Å². The molecule has 0 spiro atoms. The molecule has 1 aliphatic carbocycles. The summed E-state index contributed by atoms with van der Waals surface area (Å²) in [6, 6.07) is 1.85. The Morgan fingerprint density at radius 3 is 3.08 bits per heavy atom. The van der Waals surface area contributed by atoms with Gasteiger partial charge in [-0.05, 0) is 24.8 Å². The monoisotopic (exact) mass is 197 g/mol. The van der Waals surface area contributed by atoms with E-state index in [0.717, 1.165) is 18.2 Å². The van der Waals surface area contributed by atoms with Crippen LogP contribution in [0.25, 0.3) is 0 Å². The normalized spacial score (nSPS) is 15.8. The van der Waals surface area contributed by atoms with Crippen LogP contribution < -0.4 is 11.1 Å². The van der Waals surface area contributed by atoms with Crippen LogP contribution >= 0.6 is 11.6 Å². The van der Waals surface area contributed by atoms with Crippen LogP contribution in [0.5, 0.6) is 0 Å². The zero-order chi connectivity index (χ0) is 9.26. The van der Waals surface area contributed by atoms with Crippen LogP contribution in [0.15, 0.2) is 12.3 Å². The first kappa shape index (κ1) is 8.63. The molecule has 1 aromatic rings. The molecule has 1 saturated carbocycles. The highest BCUT2D eigenvalue weighted by Crippen LogP contribution is 2.30. The van der Waals surface area contributed by atoms with Crippen molar-refractivity contribution < 1.29 is 0 Å². The lowest BCUT2D eigenvalue weighted by atomic mass is 10.3. The fourth-order valence-electron chi connectivity index (χ4n) is 1.18. The van der Waals surface area contributed by atoms with Crippen LogP contribution in [0.2, 0.25) is 5.15 Å². The van der Waals surface area contributed by atoms with Crippen LogP contribution in [0.4, 0.5) is 11.4 Å². The smallest absolute Gasteiger partial charge is 0.153 e. The second kappa shape index (κ2) is 3.42. The number of nitrogens with one attached hydrogen (secondary N) is 1. The molecule has 4 heteroatoms. The fourth-order valence-corrected chi connectivity index (χ4v) is 1.34. The van der Waals surface area contributed by atoms with E-state index in [1.54, 1.807) is 6.20 Å². The molecule has 1 fully saturated rings. The minimum Gasteiger partial charge on any atom is -0.395 e. The third-order valence-corrected chi connectivity index (χ3v) is 2.52. The first-order valence-electron chi connectivity index (χ1n) is 4.41. The molecule has 1 heterocycles. The number of nitrogens with two attached hydrogens (primary N) is 1. The lowest BCUT2D eigenvalue weighted by molar-refractivity contribution is 0.889. The second-order valence-corrected chi connectivity index (χ2v) is 3.75. The number of rotatable bonds is 3. The average molecular weight is 198 g/mol. The van der Waals surface area contributed by atoms with Gasteiger partial charge in [0.15, 0.2) is 5.15 Å². The molecule has 0 aliphatic heterocycles. The van der Waals surface area contributed by atoms with Gasteiger partial charge in [-0.15, -0.1) is 0 Å². The minimum absolute atomic E-state index is 0.376. The molecule has 0 bridgehead atoms. The Kier molecular flexibility index (Phi) is 2.27. The van der Waals surface area contributed by atoms with Crippen molar-refractivity contribution in [3.05, 3.63) is 17.4 Å². The largest absolute Gasteiger partial charge is 0.395 e. The van der Waals surface area contributed by atoms with Gasteiger partial charge in [0, 0.05) is 12.7 Å². The first-order valence-corrected chi connectivity index (χ1v) is 4.79. The molecule has 3 nitrogen and oxygen atoms in total. The molecule has 3 N–H and O–H groups in total. The Hall–Kier alpha value is -0.960. The molecule has 2 rings (SSSR count). The first-order chi connectivity index (χ1) is 6.27. The zero-order valence-electron chi connectivity index (χ0n) is 7.26. The summed E-state index contributed by atoms with van der Waals surface area (Å²) in [4.78, 5) is 3.88. The summed E-state index contributed by atoms with van der Waals surface area (Å²) in [6.45, 7) is 0.991. The van der Waals surface area contributed by atoms with Gasteiger partial charge in [0.25, 0.3) is 0 Å². The second-order valence-electron chi connectivity index (χ2n) is 3.39. The van der Waals surface area contributed by atoms with Crippen LogP contribution in [0.1, 0.15) is 12.8 Å². The van der Waals surface area contributed by atoms with E-state index >= 15 is 0 Å². The van der Waals surface area contributed by atoms with Crippen molar-refractivity contribution in [2.45, 2.75) is 12.8 Å². The maximum atomic E-state index is 5.77. The van der Waals surface area contributed by atoms with Crippen molar-refractivity contribution in [1.29, 1.82) is 0 Å². The summed E-state index contributed by atoms with van der Waals surface area (Å²) < 4.78 is 0. The standard InChI is InChI=1S/C9H12ClN3/c10-9-8(11)7(3-4-12-9)13-5-6-1-2-6/h3-4,6H,1-2,5,11H2,(H,12,13). The molecular formula is C9H12ClN3. The number of anilines is 2. The maximum absolute atomic E-state index is 5.77. The molecule has 0 saturated heterocycles. The number of hydrogen-bond acceptors (Lipinski definition) is 3. The summed E-state index contributed by atoms with van der Waals surface area (Å²) in [7, 11) is 0. The molecule has 0 amide bonds. The van der Waals surface area contributed by atoms with Crippen molar-refractivity contribution in [2.75, 3.05) is 17.6 Å². The topological polar surface area (TPSA) is 50.9 Å². The number of hydrogen-bond donors (Lipinski definition) is 2. The van der Waals surface area contributed by atoms with Crippen LogP contribution in [0.3, 0.4) is 0 Å². The van der Waals surface area contributed by atoms with Crippen LogP contribution in [0, 0.1) is 5.92 Å². The van der Waals surface area contributed by atoms with Crippen LogP contribution in [-0.2, 0) is 0 Å². The molecule has 1 aromatic heterocycles. The van der Waals surface area contributed by atoms with Crippen molar-refractivity contribution >= 4 is 23.0 Å². The van der Waals surface area contributed by atoms with Crippen molar-refractivity contribution in [3.63, 3.8) is 0 Å². The summed E-state index contributed by atoms with van der Waals surface area (Å²) >= 11 is 5.77. The maximum Gasteiger partial charge on any atom is 0.153 e. The van der Waals surface area contributed by atoms with Crippen molar-refractivity contribution in [2.24, 2.45) is 5.92 Å². The SMILES string of the molecule is Nc1c(NCC2CC2)ccnc1Cl. The number of halogens is 1. The Balaban J connectivity index is 2.05. The van der Waals surface area contributed by atoms with E-state index in [9.17, 15) is 0 Å². The lowest BCUT2D eigenvalue weighted by Gasteiger charge is -2.08. The molecule has 0 atom stereocenters.